The van der Waals surface area contributed by atoms with Gasteiger partial charge in [-0.05, 0) is 24.6 Å². The number of nitrogens with zero attached hydrogens (tertiary/aromatic N) is 2. The van der Waals surface area contributed by atoms with Crippen LogP contribution in [0.2, 0.25) is 5.02 Å². The van der Waals surface area contributed by atoms with Crippen molar-refractivity contribution in [2.45, 2.75) is 13.3 Å². The summed E-state index contributed by atoms with van der Waals surface area (Å²) in [5.41, 5.74) is 6.36. The molecule has 0 saturated heterocycles. The zero-order valence-electron chi connectivity index (χ0n) is 9.65. The molecular formula is C12H11ClFN3O. The van der Waals surface area contributed by atoms with Crippen LogP contribution in [0.4, 0.5) is 10.1 Å². The van der Waals surface area contributed by atoms with Crippen LogP contribution in [0.3, 0.4) is 0 Å². The van der Waals surface area contributed by atoms with Crippen molar-refractivity contribution < 1.29 is 9.13 Å². The quantitative estimate of drug-likeness (QED) is 0.868. The largest absolute Gasteiger partial charge is 0.435 e. The van der Waals surface area contributed by atoms with Crippen molar-refractivity contribution >= 4 is 17.3 Å². The highest BCUT2D eigenvalue weighted by atomic mass is 35.5. The third kappa shape index (κ3) is 2.51. The Morgan fingerprint density at radius 3 is 2.83 bits per heavy atom. The molecule has 0 saturated carbocycles. The summed E-state index contributed by atoms with van der Waals surface area (Å²) >= 11 is 5.93. The van der Waals surface area contributed by atoms with Crippen molar-refractivity contribution in [1.82, 2.24) is 9.97 Å². The number of rotatable bonds is 3. The second kappa shape index (κ2) is 5.18. The van der Waals surface area contributed by atoms with Crippen LogP contribution in [0.1, 0.15) is 12.6 Å². The minimum Gasteiger partial charge on any atom is -0.435 e. The molecule has 0 atom stereocenters. The maximum atomic E-state index is 13.9. The van der Waals surface area contributed by atoms with Gasteiger partial charge in [-0.1, -0.05) is 18.5 Å². The second-order valence-corrected chi connectivity index (χ2v) is 3.99. The Balaban J connectivity index is 2.34. The van der Waals surface area contributed by atoms with E-state index in [1.54, 1.807) is 19.1 Å². The zero-order chi connectivity index (χ0) is 13.1. The van der Waals surface area contributed by atoms with Crippen molar-refractivity contribution in [2.75, 3.05) is 5.73 Å². The van der Waals surface area contributed by atoms with Crippen LogP contribution in [0.15, 0.2) is 24.5 Å². The summed E-state index contributed by atoms with van der Waals surface area (Å²) in [6.45, 7) is 1.80. The van der Waals surface area contributed by atoms with Gasteiger partial charge in [-0.15, -0.1) is 0 Å². The number of nitrogen functional groups attached to an aromatic ring is 1. The molecule has 0 bridgehead atoms. The van der Waals surface area contributed by atoms with E-state index in [1.165, 1.54) is 12.4 Å². The molecule has 0 spiro atoms. The molecule has 0 aliphatic heterocycles. The number of hydrogen-bond donors (Lipinski definition) is 1. The Morgan fingerprint density at radius 2 is 2.17 bits per heavy atom. The molecule has 0 radical (unpaired) electrons. The number of nitrogens with two attached hydrogens (primary N) is 1. The summed E-state index contributed by atoms with van der Waals surface area (Å²) in [6, 6.07) is 4.70. The normalized spacial score (nSPS) is 10.4. The SMILES string of the molecule is CCc1ncnc(Oc2ccc(N)cc2Cl)c1F. The molecule has 1 aromatic heterocycles. The standard InChI is InChI=1S/C12H11ClFN3O/c1-2-9-11(14)12(17-6-16-9)18-10-4-3-7(15)5-8(10)13/h3-6H,2,15H2,1H3. The first kappa shape index (κ1) is 12.6. The van der Waals surface area contributed by atoms with Gasteiger partial charge in [-0.25, -0.2) is 4.98 Å². The van der Waals surface area contributed by atoms with Gasteiger partial charge in [0.25, 0.3) is 5.88 Å². The van der Waals surface area contributed by atoms with Crippen LogP contribution >= 0.6 is 11.6 Å². The Hall–Kier alpha value is -1.88. The average molecular weight is 268 g/mol. The number of ether oxygens (including phenoxy) is 1. The summed E-state index contributed by atoms with van der Waals surface area (Å²) in [6.07, 6.45) is 1.71. The fourth-order valence-corrected chi connectivity index (χ4v) is 1.64. The zero-order valence-corrected chi connectivity index (χ0v) is 10.4. The van der Waals surface area contributed by atoms with Gasteiger partial charge < -0.3 is 10.5 Å². The van der Waals surface area contributed by atoms with E-state index >= 15 is 0 Å². The van der Waals surface area contributed by atoms with Gasteiger partial charge in [0.05, 0.1) is 10.7 Å². The lowest BCUT2D eigenvalue weighted by atomic mass is 10.3. The predicted octanol–water partition coefficient (Wildman–Crippen LogP) is 3.21. The molecule has 0 unspecified atom stereocenters. The Bertz CT molecular complexity index is 577. The smallest absolute Gasteiger partial charge is 0.259 e. The first-order valence-electron chi connectivity index (χ1n) is 5.34. The molecule has 0 amide bonds. The third-order valence-electron chi connectivity index (χ3n) is 2.33. The molecule has 18 heavy (non-hydrogen) atoms. The summed E-state index contributed by atoms with van der Waals surface area (Å²) in [5.74, 6) is -0.424. The van der Waals surface area contributed by atoms with E-state index < -0.39 is 5.82 Å². The average Bonchev–Trinajstić information content (AvgIpc) is 2.35. The fourth-order valence-electron chi connectivity index (χ4n) is 1.41. The lowest BCUT2D eigenvalue weighted by molar-refractivity contribution is 0.415. The fraction of sp³-hybridized carbons (Fsp3) is 0.167. The van der Waals surface area contributed by atoms with Gasteiger partial charge in [-0.2, -0.15) is 9.37 Å². The minimum absolute atomic E-state index is 0.145. The number of aromatic nitrogens is 2. The van der Waals surface area contributed by atoms with E-state index in [2.05, 4.69) is 9.97 Å². The highest BCUT2D eigenvalue weighted by molar-refractivity contribution is 6.32. The van der Waals surface area contributed by atoms with Gasteiger partial charge in [0.15, 0.2) is 0 Å². The van der Waals surface area contributed by atoms with Gasteiger partial charge in [0.1, 0.15) is 12.1 Å². The monoisotopic (exact) mass is 267 g/mol. The summed E-state index contributed by atoms with van der Waals surface area (Å²) in [7, 11) is 0. The summed E-state index contributed by atoms with van der Waals surface area (Å²) < 4.78 is 19.2. The molecule has 1 aromatic carbocycles. The molecule has 0 aliphatic carbocycles. The third-order valence-corrected chi connectivity index (χ3v) is 2.62. The first-order chi connectivity index (χ1) is 8.61. The maximum Gasteiger partial charge on any atom is 0.259 e. The van der Waals surface area contributed by atoms with E-state index in [1.807, 2.05) is 0 Å². The molecule has 94 valence electrons. The van der Waals surface area contributed by atoms with Crippen LogP contribution < -0.4 is 10.5 Å². The van der Waals surface area contributed by atoms with Crippen molar-refractivity contribution in [3.8, 4) is 11.6 Å². The molecular weight excluding hydrogens is 257 g/mol. The van der Waals surface area contributed by atoms with E-state index in [-0.39, 0.29) is 5.88 Å². The van der Waals surface area contributed by atoms with E-state index in [0.717, 1.165) is 0 Å². The number of halogens is 2. The number of anilines is 1. The van der Waals surface area contributed by atoms with Crippen molar-refractivity contribution in [2.24, 2.45) is 0 Å². The Labute approximate surface area is 109 Å². The molecule has 0 aliphatic rings. The van der Waals surface area contributed by atoms with E-state index in [4.69, 9.17) is 22.1 Å². The number of hydrogen-bond acceptors (Lipinski definition) is 4. The summed E-state index contributed by atoms with van der Waals surface area (Å²) in [5, 5.41) is 0.297. The molecule has 1 heterocycles. The van der Waals surface area contributed by atoms with Crippen LogP contribution in [-0.2, 0) is 6.42 Å². The van der Waals surface area contributed by atoms with Crippen LogP contribution in [0.5, 0.6) is 11.6 Å². The van der Waals surface area contributed by atoms with Crippen molar-refractivity contribution in [1.29, 1.82) is 0 Å². The Morgan fingerprint density at radius 1 is 1.39 bits per heavy atom. The predicted molar refractivity (Wildman–Crippen MR) is 67.3 cm³/mol. The van der Waals surface area contributed by atoms with Gasteiger partial charge >= 0.3 is 0 Å². The maximum absolute atomic E-state index is 13.9. The number of benzene rings is 1. The van der Waals surface area contributed by atoms with Crippen LogP contribution in [0.25, 0.3) is 0 Å². The lowest BCUT2D eigenvalue weighted by Crippen LogP contribution is -1.99. The lowest BCUT2D eigenvalue weighted by Gasteiger charge is -2.08. The highest BCUT2D eigenvalue weighted by Gasteiger charge is 2.13. The molecule has 2 rings (SSSR count). The van der Waals surface area contributed by atoms with Gasteiger partial charge in [0, 0.05) is 5.69 Å². The number of aryl methyl sites for hydroxylation is 1. The molecule has 4 nitrogen and oxygen atoms in total. The van der Waals surface area contributed by atoms with Crippen molar-refractivity contribution in [3.05, 3.63) is 41.1 Å². The Kier molecular flexibility index (Phi) is 3.62. The van der Waals surface area contributed by atoms with E-state index in [0.29, 0.717) is 28.6 Å². The highest BCUT2D eigenvalue weighted by Crippen LogP contribution is 2.31. The van der Waals surface area contributed by atoms with Gasteiger partial charge in [-0.3, -0.25) is 0 Å². The molecule has 6 heteroatoms. The molecule has 2 N–H and O–H groups in total. The first-order valence-corrected chi connectivity index (χ1v) is 5.72. The second-order valence-electron chi connectivity index (χ2n) is 3.58. The minimum atomic E-state index is -0.576. The van der Waals surface area contributed by atoms with Crippen LogP contribution in [0, 0.1) is 5.82 Å². The van der Waals surface area contributed by atoms with Gasteiger partial charge in [0.2, 0.25) is 5.82 Å². The van der Waals surface area contributed by atoms with Crippen LogP contribution in [-0.4, -0.2) is 9.97 Å². The summed E-state index contributed by atoms with van der Waals surface area (Å²) in [4.78, 5) is 7.56. The van der Waals surface area contributed by atoms with Crippen molar-refractivity contribution in [3.63, 3.8) is 0 Å². The molecule has 0 fully saturated rings. The van der Waals surface area contributed by atoms with E-state index in [9.17, 15) is 4.39 Å². The molecule has 2 aromatic rings. The topological polar surface area (TPSA) is 61.0 Å².